The number of fused-ring (bicyclic) bond motifs is 1. The highest BCUT2D eigenvalue weighted by Crippen LogP contribution is 2.26. The Hall–Kier alpha value is -2.21. The number of nitrogens with two attached hydrogens (primary N) is 1. The maximum absolute atomic E-state index is 11.6. The summed E-state index contributed by atoms with van der Waals surface area (Å²) < 4.78 is 4.72. The number of benzene rings is 1. The molecule has 1 aromatic carbocycles. The third-order valence-electron chi connectivity index (χ3n) is 2.96. The zero-order chi connectivity index (χ0) is 14.7. The van der Waals surface area contributed by atoms with Crippen LogP contribution in [-0.2, 0) is 9.53 Å². The summed E-state index contributed by atoms with van der Waals surface area (Å²) in [7, 11) is 1.35. The smallest absolute Gasteiger partial charge is 0.327 e. The first-order chi connectivity index (χ1) is 9.54. The second kappa shape index (κ2) is 5.83. The van der Waals surface area contributed by atoms with Crippen LogP contribution < -0.4 is 11.1 Å². The zero-order valence-corrected chi connectivity index (χ0v) is 12.0. The molecule has 0 aliphatic rings. The standard InChI is InChI=1S/C14H15N3O2S/c1-8(14(18)19-2)17-12-9-5-3-4-6-11(9)16-7-10(12)13(15)20/h3-8H,1-2H3,(H2,15,20)(H,16,17). The molecule has 0 fully saturated rings. The van der Waals surface area contributed by atoms with Crippen LogP contribution in [-0.4, -0.2) is 29.1 Å². The lowest BCUT2D eigenvalue weighted by Crippen LogP contribution is -2.28. The molecule has 0 saturated carbocycles. The van der Waals surface area contributed by atoms with E-state index in [4.69, 9.17) is 22.7 Å². The van der Waals surface area contributed by atoms with E-state index in [1.165, 1.54) is 7.11 Å². The van der Waals surface area contributed by atoms with Crippen LogP contribution in [0.4, 0.5) is 5.69 Å². The van der Waals surface area contributed by atoms with Gasteiger partial charge in [0, 0.05) is 11.6 Å². The molecule has 0 aliphatic carbocycles. The lowest BCUT2D eigenvalue weighted by atomic mass is 10.1. The number of nitrogens with zero attached hydrogens (tertiary/aromatic N) is 1. The number of esters is 1. The van der Waals surface area contributed by atoms with E-state index in [0.717, 1.165) is 10.9 Å². The van der Waals surface area contributed by atoms with Gasteiger partial charge in [0.15, 0.2) is 0 Å². The molecule has 0 bridgehead atoms. The van der Waals surface area contributed by atoms with Crippen LogP contribution >= 0.6 is 12.2 Å². The summed E-state index contributed by atoms with van der Waals surface area (Å²) >= 11 is 5.04. The van der Waals surface area contributed by atoms with Gasteiger partial charge in [-0.3, -0.25) is 4.98 Å². The minimum absolute atomic E-state index is 0.225. The lowest BCUT2D eigenvalue weighted by molar-refractivity contribution is -0.141. The molecule has 104 valence electrons. The van der Waals surface area contributed by atoms with Gasteiger partial charge in [0.1, 0.15) is 11.0 Å². The van der Waals surface area contributed by atoms with Crippen LogP contribution in [0.15, 0.2) is 30.5 Å². The number of aromatic nitrogens is 1. The second-order valence-electron chi connectivity index (χ2n) is 4.32. The lowest BCUT2D eigenvalue weighted by Gasteiger charge is -2.17. The van der Waals surface area contributed by atoms with Crippen LogP contribution in [0.3, 0.4) is 0 Å². The number of methoxy groups -OCH3 is 1. The average Bonchev–Trinajstić information content (AvgIpc) is 2.46. The van der Waals surface area contributed by atoms with Gasteiger partial charge in [-0.2, -0.15) is 0 Å². The number of hydrogen-bond acceptors (Lipinski definition) is 5. The monoisotopic (exact) mass is 289 g/mol. The van der Waals surface area contributed by atoms with Crippen LogP contribution in [0.25, 0.3) is 10.9 Å². The number of nitrogens with one attached hydrogen (secondary N) is 1. The fourth-order valence-electron chi connectivity index (χ4n) is 1.94. The Bertz CT molecular complexity index is 673. The Morgan fingerprint density at radius 2 is 2.15 bits per heavy atom. The van der Waals surface area contributed by atoms with Gasteiger partial charge in [0.2, 0.25) is 0 Å². The number of anilines is 1. The van der Waals surface area contributed by atoms with Crippen molar-refractivity contribution in [2.24, 2.45) is 5.73 Å². The van der Waals surface area contributed by atoms with E-state index in [2.05, 4.69) is 10.3 Å². The fourth-order valence-corrected chi connectivity index (χ4v) is 2.09. The first-order valence-electron chi connectivity index (χ1n) is 6.06. The first kappa shape index (κ1) is 14.2. The van der Waals surface area contributed by atoms with Crippen molar-refractivity contribution < 1.29 is 9.53 Å². The van der Waals surface area contributed by atoms with E-state index in [-0.39, 0.29) is 11.0 Å². The Kier molecular flexibility index (Phi) is 4.14. The maximum Gasteiger partial charge on any atom is 0.327 e. The minimum atomic E-state index is -0.515. The number of carbonyl (C=O) groups excluding carboxylic acids is 1. The highest BCUT2D eigenvalue weighted by Gasteiger charge is 2.17. The number of thiocarbonyl (C=S) groups is 1. The van der Waals surface area contributed by atoms with Gasteiger partial charge >= 0.3 is 5.97 Å². The van der Waals surface area contributed by atoms with Crippen LogP contribution in [0.1, 0.15) is 12.5 Å². The Balaban J connectivity index is 2.55. The second-order valence-corrected chi connectivity index (χ2v) is 4.76. The number of pyridine rings is 1. The summed E-state index contributed by atoms with van der Waals surface area (Å²) in [5.74, 6) is -0.361. The fraction of sp³-hybridized carbons (Fsp3) is 0.214. The van der Waals surface area contributed by atoms with Crippen molar-refractivity contribution in [2.75, 3.05) is 12.4 Å². The Morgan fingerprint density at radius 1 is 1.45 bits per heavy atom. The molecule has 0 spiro atoms. The van der Waals surface area contributed by atoms with E-state index in [0.29, 0.717) is 11.3 Å². The molecular weight excluding hydrogens is 274 g/mol. The van der Waals surface area contributed by atoms with Crippen molar-refractivity contribution >= 4 is 39.8 Å². The average molecular weight is 289 g/mol. The number of para-hydroxylation sites is 1. The highest BCUT2D eigenvalue weighted by atomic mass is 32.1. The molecule has 5 nitrogen and oxygen atoms in total. The van der Waals surface area contributed by atoms with Crippen molar-refractivity contribution in [3.63, 3.8) is 0 Å². The molecule has 6 heteroatoms. The topological polar surface area (TPSA) is 77.2 Å². The van der Waals surface area contributed by atoms with E-state index in [1.54, 1.807) is 13.1 Å². The third-order valence-corrected chi connectivity index (χ3v) is 3.18. The van der Waals surface area contributed by atoms with Crippen molar-refractivity contribution in [1.82, 2.24) is 4.98 Å². The molecule has 1 aromatic heterocycles. The van der Waals surface area contributed by atoms with Crippen molar-refractivity contribution in [2.45, 2.75) is 13.0 Å². The molecule has 0 aliphatic heterocycles. The molecule has 2 aromatic rings. The van der Waals surface area contributed by atoms with Crippen LogP contribution in [0.5, 0.6) is 0 Å². The summed E-state index contributed by atoms with van der Waals surface area (Å²) in [6.45, 7) is 1.71. The number of rotatable bonds is 4. The van der Waals surface area contributed by atoms with Crippen molar-refractivity contribution in [1.29, 1.82) is 0 Å². The van der Waals surface area contributed by atoms with Gasteiger partial charge < -0.3 is 15.8 Å². The number of ether oxygens (including phenoxy) is 1. The molecule has 3 N–H and O–H groups in total. The Morgan fingerprint density at radius 3 is 2.80 bits per heavy atom. The van der Waals surface area contributed by atoms with Crippen molar-refractivity contribution in [3.05, 3.63) is 36.0 Å². The van der Waals surface area contributed by atoms with Gasteiger partial charge in [-0.15, -0.1) is 0 Å². The first-order valence-corrected chi connectivity index (χ1v) is 6.47. The largest absolute Gasteiger partial charge is 0.467 e. The molecule has 0 saturated heterocycles. The molecule has 0 amide bonds. The van der Waals surface area contributed by atoms with Gasteiger partial charge in [-0.05, 0) is 13.0 Å². The van der Waals surface area contributed by atoms with E-state index >= 15 is 0 Å². The quantitative estimate of drug-likeness (QED) is 0.660. The van der Waals surface area contributed by atoms with E-state index < -0.39 is 6.04 Å². The summed E-state index contributed by atoms with van der Waals surface area (Å²) in [5.41, 5.74) is 7.82. The van der Waals surface area contributed by atoms with Gasteiger partial charge in [-0.1, -0.05) is 30.4 Å². The molecular formula is C14H15N3O2S. The highest BCUT2D eigenvalue weighted by molar-refractivity contribution is 7.80. The molecule has 1 atom stereocenters. The van der Waals surface area contributed by atoms with Gasteiger partial charge in [0.05, 0.1) is 23.9 Å². The molecule has 2 rings (SSSR count). The van der Waals surface area contributed by atoms with E-state index in [9.17, 15) is 4.79 Å². The zero-order valence-electron chi connectivity index (χ0n) is 11.2. The predicted octanol–water partition coefficient (Wildman–Crippen LogP) is 1.84. The molecule has 20 heavy (non-hydrogen) atoms. The SMILES string of the molecule is COC(=O)C(C)Nc1c(C(N)=S)cnc2ccccc12. The number of carbonyl (C=O) groups is 1. The molecule has 1 unspecified atom stereocenters. The molecule has 1 heterocycles. The minimum Gasteiger partial charge on any atom is -0.467 e. The number of hydrogen-bond donors (Lipinski definition) is 2. The van der Waals surface area contributed by atoms with E-state index in [1.807, 2.05) is 24.3 Å². The summed E-state index contributed by atoms with van der Waals surface area (Å²) in [5, 5.41) is 3.96. The van der Waals surface area contributed by atoms with Crippen LogP contribution in [0, 0.1) is 0 Å². The predicted molar refractivity (Wildman–Crippen MR) is 82.7 cm³/mol. The molecule has 0 radical (unpaired) electrons. The Labute approximate surface area is 122 Å². The third kappa shape index (κ3) is 2.70. The van der Waals surface area contributed by atoms with Gasteiger partial charge in [-0.25, -0.2) is 4.79 Å². The van der Waals surface area contributed by atoms with Crippen molar-refractivity contribution in [3.8, 4) is 0 Å². The summed E-state index contributed by atoms with van der Waals surface area (Å²) in [6.07, 6.45) is 1.61. The van der Waals surface area contributed by atoms with Gasteiger partial charge in [0.25, 0.3) is 0 Å². The summed E-state index contributed by atoms with van der Waals surface area (Å²) in [6, 6.07) is 7.05. The normalized spacial score (nSPS) is 11.9. The summed E-state index contributed by atoms with van der Waals surface area (Å²) in [4.78, 5) is 16.1. The maximum atomic E-state index is 11.6. The van der Waals surface area contributed by atoms with Crippen LogP contribution in [0.2, 0.25) is 0 Å².